The summed E-state index contributed by atoms with van der Waals surface area (Å²) in [5.41, 5.74) is 0.241. The van der Waals surface area contributed by atoms with E-state index < -0.39 is 17.7 Å². The van der Waals surface area contributed by atoms with E-state index in [1.165, 1.54) is 4.57 Å². The van der Waals surface area contributed by atoms with Crippen molar-refractivity contribution >= 4 is 17.0 Å². The lowest BCUT2D eigenvalue weighted by molar-refractivity contribution is 0.0323. The molecule has 4 rings (SSSR count). The highest BCUT2D eigenvalue weighted by Gasteiger charge is 2.24. The highest BCUT2D eigenvalue weighted by atomic mass is 16.6. The molecular weight excluding hydrogens is 460 g/mol. The highest BCUT2D eigenvalue weighted by molar-refractivity contribution is 5.84. The van der Waals surface area contributed by atoms with E-state index in [1.54, 1.807) is 39.8 Å². The molecule has 0 unspecified atom stereocenters. The van der Waals surface area contributed by atoms with Gasteiger partial charge in [-0.05, 0) is 52.0 Å². The van der Waals surface area contributed by atoms with Gasteiger partial charge in [0.25, 0.3) is 5.56 Å². The average Bonchev–Trinajstić information content (AvgIpc) is 2.84. The van der Waals surface area contributed by atoms with E-state index >= 15 is 0 Å². The first-order valence-corrected chi connectivity index (χ1v) is 12.3. The number of morpholine rings is 1. The molecule has 2 aromatic carbocycles. The van der Waals surface area contributed by atoms with Crippen LogP contribution in [0.15, 0.2) is 53.3 Å². The molecule has 1 N–H and O–H groups in total. The Kier molecular flexibility index (Phi) is 7.91. The average molecular weight is 495 g/mol. The number of aromatic nitrogens is 2. The standard InChI is InChI=1S/C27H34N4O5/c1-19(28-26(33)36-27(2,3)4)24-29-21-11-8-12-22(35-18-15-30-13-16-34-17-14-30)23(21)25(32)31(24)20-9-6-5-7-10-20/h5-12,19H,13-18H2,1-4H3,(H,28,33)/t19-/m0/s1. The van der Waals surface area contributed by atoms with E-state index in [-0.39, 0.29) is 5.56 Å². The fourth-order valence-electron chi connectivity index (χ4n) is 4.11. The second-order valence-electron chi connectivity index (χ2n) is 9.77. The van der Waals surface area contributed by atoms with E-state index in [9.17, 15) is 9.59 Å². The van der Waals surface area contributed by atoms with Crippen molar-refractivity contribution in [2.75, 3.05) is 39.5 Å². The molecule has 0 spiro atoms. The Hall–Kier alpha value is -3.43. The lowest BCUT2D eigenvalue weighted by Gasteiger charge is -2.26. The number of carbonyl (C=O) groups is 1. The fourth-order valence-corrected chi connectivity index (χ4v) is 4.11. The Balaban J connectivity index is 1.70. The lowest BCUT2D eigenvalue weighted by Crippen LogP contribution is -2.38. The summed E-state index contributed by atoms with van der Waals surface area (Å²) in [4.78, 5) is 33.5. The molecule has 1 aliphatic rings. The Morgan fingerprint density at radius 1 is 1.11 bits per heavy atom. The van der Waals surface area contributed by atoms with Crippen LogP contribution < -0.4 is 15.6 Å². The van der Waals surface area contributed by atoms with Gasteiger partial charge in [-0.1, -0.05) is 24.3 Å². The Bertz CT molecular complexity index is 1250. The molecule has 1 aromatic heterocycles. The van der Waals surface area contributed by atoms with Gasteiger partial charge in [0.15, 0.2) is 0 Å². The number of para-hydroxylation sites is 1. The van der Waals surface area contributed by atoms with Gasteiger partial charge in [0, 0.05) is 19.6 Å². The number of rotatable bonds is 7. The number of ether oxygens (including phenoxy) is 3. The smallest absolute Gasteiger partial charge is 0.408 e. The second-order valence-corrected chi connectivity index (χ2v) is 9.77. The van der Waals surface area contributed by atoms with Crippen molar-refractivity contribution in [1.82, 2.24) is 19.8 Å². The quantitative estimate of drug-likeness (QED) is 0.535. The number of benzene rings is 2. The fraction of sp³-hybridized carbons (Fsp3) is 0.444. The Morgan fingerprint density at radius 2 is 1.83 bits per heavy atom. The number of fused-ring (bicyclic) bond motifs is 1. The number of amides is 1. The molecule has 3 aromatic rings. The minimum atomic E-state index is -0.646. The van der Waals surface area contributed by atoms with E-state index in [0.717, 1.165) is 32.8 Å². The van der Waals surface area contributed by atoms with E-state index in [2.05, 4.69) is 10.2 Å². The number of alkyl carbamates (subject to hydrolysis) is 1. The minimum absolute atomic E-state index is 0.263. The summed E-state index contributed by atoms with van der Waals surface area (Å²) >= 11 is 0. The van der Waals surface area contributed by atoms with Crippen LogP contribution in [0.3, 0.4) is 0 Å². The monoisotopic (exact) mass is 494 g/mol. The third kappa shape index (κ3) is 6.22. The SMILES string of the molecule is C[C@H](NC(=O)OC(C)(C)C)c1nc2cccc(OCCN3CCOCC3)c2c(=O)n1-c1ccccc1. The summed E-state index contributed by atoms with van der Waals surface area (Å²) in [6.45, 7) is 11.5. The molecule has 1 amide bonds. The molecular formula is C27H34N4O5. The molecule has 1 atom stereocenters. The Morgan fingerprint density at radius 3 is 2.53 bits per heavy atom. The van der Waals surface area contributed by atoms with Crippen LogP contribution in [-0.2, 0) is 9.47 Å². The van der Waals surface area contributed by atoms with Crippen LogP contribution in [0.4, 0.5) is 4.79 Å². The van der Waals surface area contributed by atoms with Gasteiger partial charge in [0.05, 0.1) is 30.5 Å². The minimum Gasteiger partial charge on any atom is -0.491 e. The predicted octanol–water partition coefficient (Wildman–Crippen LogP) is 3.68. The number of hydrogen-bond donors (Lipinski definition) is 1. The third-order valence-electron chi connectivity index (χ3n) is 5.79. The normalized spacial score (nSPS) is 15.4. The summed E-state index contributed by atoms with van der Waals surface area (Å²) in [6.07, 6.45) is -0.579. The summed E-state index contributed by atoms with van der Waals surface area (Å²) in [5, 5.41) is 3.21. The summed E-state index contributed by atoms with van der Waals surface area (Å²) in [7, 11) is 0. The van der Waals surface area contributed by atoms with Gasteiger partial charge in [-0.25, -0.2) is 9.78 Å². The van der Waals surface area contributed by atoms with Crippen LogP contribution in [0.25, 0.3) is 16.6 Å². The highest BCUT2D eigenvalue weighted by Crippen LogP contribution is 2.25. The first-order chi connectivity index (χ1) is 17.2. The van der Waals surface area contributed by atoms with Gasteiger partial charge < -0.3 is 19.5 Å². The van der Waals surface area contributed by atoms with E-state index in [1.807, 2.05) is 36.4 Å². The topological polar surface area (TPSA) is 94.9 Å². The summed E-state index contributed by atoms with van der Waals surface area (Å²) in [5.74, 6) is 0.886. The molecule has 0 bridgehead atoms. The molecule has 0 aliphatic carbocycles. The summed E-state index contributed by atoms with van der Waals surface area (Å²) < 4.78 is 18.4. The second kappa shape index (κ2) is 11.1. The van der Waals surface area contributed by atoms with Crippen LogP contribution in [-0.4, -0.2) is 65.6 Å². The maximum atomic E-state index is 13.9. The van der Waals surface area contributed by atoms with E-state index in [0.29, 0.717) is 34.8 Å². The van der Waals surface area contributed by atoms with Gasteiger partial charge in [0.2, 0.25) is 0 Å². The van der Waals surface area contributed by atoms with Gasteiger partial charge in [-0.15, -0.1) is 0 Å². The largest absolute Gasteiger partial charge is 0.491 e. The van der Waals surface area contributed by atoms with Gasteiger partial charge in [0.1, 0.15) is 29.2 Å². The Labute approximate surface area is 211 Å². The molecule has 0 saturated carbocycles. The number of nitrogens with zero attached hydrogens (tertiary/aromatic N) is 3. The molecule has 36 heavy (non-hydrogen) atoms. The van der Waals surface area contributed by atoms with E-state index in [4.69, 9.17) is 19.2 Å². The zero-order valence-corrected chi connectivity index (χ0v) is 21.3. The maximum absolute atomic E-state index is 13.9. The van der Waals surface area contributed by atoms with Crippen molar-refractivity contribution in [1.29, 1.82) is 0 Å². The first kappa shape index (κ1) is 25.7. The zero-order valence-electron chi connectivity index (χ0n) is 21.3. The van der Waals surface area contributed by atoms with Crippen molar-refractivity contribution in [3.8, 4) is 11.4 Å². The zero-order chi connectivity index (χ0) is 25.7. The summed E-state index contributed by atoms with van der Waals surface area (Å²) in [6, 6.07) is 14.1. The molecule has 9 nitrogen and oxygen atoms in total. The molecule has 1 saturated heterocycles. The molecule has 2 heterocycles. The van der Waals surface area contributed by atoms with Gasteiger partial charge in [-0.2, -0.15) is 0 Å². The van der Waals surface area contributed by atoms with Crippen molar-refractivity contribution in [3.63, 3.8) is 0 Å². The van der Waals surface area contributed by atoms with Crippen molar-refractivity contribution < 1.29 is 19.0 Å². The van der Waals surface area contributed by atoms with Crippen molar-refractivity contribution in [2.45, 2.75) is 39.3 Å². The number of hydrogen-bond acceptors (Lipinski definition) is 7. The van der Waals surface area contributed by atoms with Crippen LogP contribution in [0.1, 0.15) is 39.6 Å². The molecule has 192 valence electrons. The number of nitrogens with one attached hydrogen (secondary N) is 1. The van der Waals surface area contributed by atoms with Crippen LogP contribution in [0.2, 0.25) is 0 Å². The molecule has 1 aliphatic heterocycles. The van der Waals surface area contributed by atoms with Crippen LogP contribution >= 0.6 is 0 Å². The third-order valence-corrected chi connectivity index (χ3v) is 5.79. The van der Waals surface area contributed by atoms with Crippen molar-refractivity contribution in [2.24, 2.45) is 0 Å². The van der Waals surface area contributed by atoms with Gasteiger partial charge in [-0.3, -0.25) is 14.3 Å². The van der Waals surface area contributed by atoms with Gasteiger partial charge >= 0.3 is 6.09 Å². The van der Waals surface area contributed by atoms with Crippen LogP contribution in [0, 0.1) is 0 Å². The molecule has 9 heteroatoms. The molecule has 1 fully saturated rings. The van der Waals surface area contributed by atoms with Crippen molar-refractivity contribution in [3.05, 3.63) is 64.7 Å². The predicted molar refractivity (Wildman–Crippen MR) is 138 cm³/mol. The number of carbonyl (C=O) groups excluding carboxylic acids is 1. The molecule has 0 radical (unpaired) electrons. The lowest BCUT2D eigenvalue weighted by atomic mass is 10.2. The first-order valence-electron chi connectivity index (χ1n) is 12.3. The maximum Gasteiger partial charge on any atom is 0.408 e. The van der Waals surface area contributed by atoms with Crippen LogP contribution in [0.5, 0.6) is 5.75 Å².